The van der Waals surface area contributed by atoms with Crippen LogP contribution < -0.4 is 11.1 Å². The molecule has 0 radical (unpaired) electrons. The van der Waals surface area contributed by atoms with E-state index in [0.29, 0.717) is 12.2 Å². The zero-order valence-electron chi connectivity index (χ0n) is 16.3. The summed E-state index contributed by atoms with van der Waals surface area (Å²) in [6, 6.07) is 5.21. The van der Waals surface area contributed by atoms with Gasteiger partial charge in [0.15, 0.2) is 5.82 Å². The van der Waals surface area contributed by atoms with E-state index in [1.54, 1.807) is 23.9 Å². The van der Waals surface area contributed by atoms with Crippen LogP contribution in [0.4, 0.5) is 4.39 Å². The summed E-state index contributed by atoms with van der Waals surface area (Å²) in [5.74, 6) is -2.01. The first-order valence-electron chi connectivity index (χ1n) is 8.66. The number of aromatic nitrogens is 2. The van der Waals surface area contributed by atoms with Crippen LogP contribution in [0.3, 0.4) is 0 Å². The molecule has 0 amide bonds. The summed E-state index contributed by atoms with van der Waals surface area (Å²) in [6.07, 6.45) is 5.03. The first-order valence-corrected chi connectivity index (χ1v) is 9.48. The van der Waals surface area contributed by atoms with E-state index in [-0.39, 0.29) is 11.6 Å². The Morgan fingerprint density at radius 2 is 1.89 bits per heavy atom. The van der Waals surface area contributed by atoms with Crippen LogP contribution in [0, 0.1) is 0 Å². The van der Waals surface area contributed by atoms with Crippen molar-refractivity contribution in [2.45, 2.75) is 33.1 Å². The summed E-state index contributed by atoms with van der Waals surface area (Å²) < 4.78 is 13.6. The number of rotatable bonds is 8. The molecule has 5 nitrogen and oxygen atoms in total. The van der Waals surface area contributed by atoms with Gasteiger partial charge in [0.2, 0.25) is 5.79 Å². The van der Waals surface area contributed by atoms with Gasteiger partial charge < -0.3 is 10.4 Å². The summed E-state index contributed by atoms with van der Waals surface area (Å²) in [5, 5.41) is 13.2. The smallest absolute Gasteiger partial charge is 0.216 e. The highest BCUT2D eigenvalue weighted by molar-refractivity contribution is 8.11. The number of phenols is 1. The fourth-order valence-corrected chi connectivity index (χ4v) is 3.01. The summed E-state index contributed by atoms with van der Waals surface area (Å²) in [6.45, 7) is 13.7. The van der Waals surface area contributed by atoms with Gasteiger partial charge in [-0.25, -0.2) is 14.4 Å². The van der Waals surface area contributed by atoms with E-state index < -0.39 is 5.79 Å². The van der Waals surface area contributed by atoms with Crippen LogP contribution in [0.1, 0.15) is 43.3 Å². The SMILES string of the molecule is C=C(NCc1cnc(C(C)(N)F)nc1)c1cc(O)cc(C(=C)S/C(C)=C\C)c1. The number of alkyl halides is 1. The molecular formula is C21H25FN4OS. The second-order valence-corrected chi connectivity index (χ2v) is 7.86. The standard InChI is InChI=1S/C21H25FN4OS/c1-6-13(2)28-15(4)18-7-17(8-19(27)9-18)14(3)24-10-16-11-25-20(26-12-16)21(5,22)23/h6-9,11-12,24,27H,3-4,10,23H2,1-2,5H3/b13-6-. The van der Waals surface area contributed by atoms with Gasteiger partial charge in [0.1, 0.15) is 5.75 Å². The molecule has 4 N–H and O–H groups in total. The molecule has 0 saturated carbocycles. The van der Waals surface area contributed by atoms with Crippen molar-refractivity contribution in [3.05, 3.63) is 77.2 Å². The molecule has 1 heterocycles. The number of nitrogens with two attached hydrogens (primary N) is 1. The number of halogens is 1. The van der Waals surface area contributed by atoms with Gasteiger partial charge in [0.25, 0.3) is 0 Å². The van der Waals surface area contributed by atoms with E-state index in [9.17, 15) is 9.50 Å². The molecule has 1 aromatic heterocycles. The van der Waals surface area contributed by atoms with Crippen molar-refractivity contribution in [2.24, 2.45) is 5.73 Å². The van der Waals surface area contributed by atoms with Gasteiger partial charge in [-0.05, 0) is 49.4 Å². The minimum absolute atomic E-state index is 0.0693. The van der Waals surface area contributed by atoms with Gasteiger partial charge in [0, 0.05) is 40.7 Å². The first-order chi connectivity index (χ1) is 13.1. The Morgan fingerprint density at radius 3 is 2.46 bits per heavy atom. The number of nitrogens with zero attached hydrogens (tertiary/aromatic N) is 2. The van der Waals surface area contributed by atoms with E-state index in [2.05, 4.69) is 28.4 Å². The maximum absolute atomic E-state index is 13.6. The number of aromatic hydroxyl groups is 1. The molecule has 0 aliphatic heterocycles. The third-order valence-corrected chi connectivity index (χ3v) is 4.97. The topological polar surface area (TPSA) is 84.1 Å². The van der Waals surface area contributed by atoms with Crippen molar-refractivity contribution < 1.29 is 9.50 Å². The van der Waals surface area contributed by atoms with Crippen molar-refractivity contribution in [3.63, 3.8) is 0 Å². The fourth-order valence-electron chi connectivity index (χ4n) is 2.27. The molecule has 2 aromatic rings. The van der Waals surface area contributed by atoms with E-state index >= 15 is 0 Å². The minimum Gasteiger partial charge on any atom is -0.508 e. The molecule has 1 atom stereocenters. The van der Waals surface area contributed by atoms with E-state index in [1.165, 1.54) is 19.3 Å². The average molecular weight is 401 g/mol. The van der Waals surface area contributed by atoms with Crippen molar-refractivity contribution in [1.82, 2.24) is 15.3 Å². The highest BCUT2D eigenvalue weighted by Gasteiger charge is 2.22. The van der Waals surface area contributed by atoms with E-state index in [0.717, 1.165) is 26.5 Å². The molecule has 0 saturated heterocycles. The van der Waals surface area contributed by atoms with E-state index in [1.807, 2.05) is 26.0 Å². The molecule has 0 fully saturated rings. The Bertz CT molecular complexity index is 902. The molecule has 148 valence electrons. The van der Waals surface area contributed by atoms with Gasteiger partial charge in [-0.3, -0.25) is 5.73 Å². The second-order valence-electron chi connectivity index (χ2n) is 6.52. The quantitative estimate of drug-likeness (QED) is 0.559. The predicted octanol–water partition coefficient (Wildman–Crippen LogP) is 4.67. The van der Waals surface area contributed by atoms with Crippen LogP contribution in [0.5, 0.6) is 5.75 Å². The normalized spacial score (nSPS) is 13.7. The van der Waals surface area contributed by atoms with Crippen LogP contribution in [0.15, 0.2) is 54.7 Å². The lowest BCUT2D eigenvalue weighted by Gasteiger charge is -2.14. The average Bonchev–Trinajstić information content (AvgIpc) is 2.65. The summed E-state index contributed by atoms with van der Waals surface area (Å²) in [7, 11) is 0. The molecule has 7 heteroatoms. The second kappa shape index (κ2) is 9.03. The number of nitrogens with one attached hydrogen (secondary N) is 1. The van der Waals surface area contributed by atoms with Crippen molar-refractivity contribution in [2.75, 3.05) is 0 Å². The number of allylic oxidation sites excluding steroid dienone is 2. The van der Waals surface area contributed by atoms with Crippen molar-refractivity contribution in [3.8, 4) is 5.75 Å². The molecule has 2 rings (SSSR count). The molecule has 0 spiro atoms. The lowest BCUT2D eigenvalue weighted by molar-refractivity contribution is 0.188. The van der Waals surface area contributed by atoms with Crippen molar-refractivity contribution >= 4 is 22.4 Å². The number of benzene rings is 1. The molecule has 1 aromatic carbocycles. The Kier molecular flexibility index (Phi) is 6.99. The zero-order valence-corrected chi connectivity index (χ0v) is 17.1. The van der Waals surface area contributed by atoms with Crippen molar-refractivity contribution in [1.29, 1.82) is 0 Å². The summed E-state index contributed by atoms with van der Waals surface area (Å²) in [5.41, 5.74) is 8.27. The number of thioether (sulfide) groups is 1. The Labute approximate surface area is 169 Å². The zero-order chi connectivity index (χ0) is 20.9. The minimum atomic E-state index is -2.07. The van der Waals surface area contributed by atoms with Gasteiger partial charge in [-0.15, -0.1) is 0 Å². The molecule has 28 heavy (non-hydrogen) atoms. The van der Waals surface area contributed by atoms with E-state index in [4.69, 9.17) is 5.73 Å². The molecule has 1 unspecified atom stereocenters. The molecular weight excluding hydrogens is 375 g/mol. The maximum Gasteiger partial charge on any atom is 0.216 e. The third-order valence-electron chi connectivity index (χ3n) is 3.93. The van der Waals surface area contributed by atoms with Gasteiger partial charge in [0.05, 0.1) is 0 Å². The molecule has 0 aliphatic carbocycles. The third kappa shape index (κ3) is 5.94. The summed E-state index contributed by atoms with van der Waals surface area (Å²) >= 11 is 1.54. The lowest BCUT2D eigenvalue weighted by Crippen LogP contribution is -2.29. The van der Waals surface area contributed by atoms with Crippen LogP contribution in [-0.2, 0) is 12.3 Å². The number of hydrogen-bond acceptors (Lipinski definition) is 6. The number of phenolic OH excluding ortho intramolecular Hbond substituents is 1. The van der Waals surface area contributed by atoms with Gasteiger partial charge in [-0.1, -0.05) is 31.0 Å². The first kappa shape index (κ1) is 21.7. The Balaban J connectivity index is 2.09. The predicted molar refractivity (Wildman–Crippen MR) is 115 cm³/mol. The largest absolute Gasteiger partial charge is 0.508 e. The maximum atomic E-state index is 13.6. The van der Waals surface area contributed by atoms with Crippen LogP contribution >= 0.6 is 11.8 Å². The summed E-state index contributed by atoms with van der Waals surface area (Å²) in [4.78, 5) is 9.85. The molecule has 0 aliphatic rings. The molecule has 0 bridgehead atoms. The number of hydrogen-bond donors (Lipinski definition) is 3. The Morgan fingerprint density at radius 1 is 1.29 bits per heavy atom. The van der Waals surface area contributed by atoms with Gasteiger partial charge >= 0.3 is 0 Å². The highest BCUT2D eigenvalue weighted by Crippen LogP contribution is 2.34. The van der Waals surface area contributed by atoms with Crippen LogP contribution in [0.2, 0.25) is 0 Å². The van der Waals surface area contributed by atoms with Gasteiger partial charge in [-0.2, -0.15) is 0 Å². The monoisotopic (exact) mass is 400 g/mol. The fraction of sp³-hybridized carbons (Fsp3) is 0.238. The highest BCUT2D eigenvalue weighted by atomic mass is 32.2. The van der Waals surface area contributed by atoms with Crippen LogP contribution in [-0.4, -0.2) is 15.1 Å². The Hall–Kier alpha value is -2.64. The van der Waals surface area contributed by atoms with Crippen LogP contribution in [0.25, 0.3) is 10.6 Å². The lowest BCUT2D eigenvalue weighted by atomic mass is 10.1.